The number of allylic oxidation sites excluding steroid dienone is 2. The average molecular weight is 360 g/mol. The van der Waals surface area contributed by atoms with Crippen LogP contribution in [-0.4, -0.2) is 17.7 Å². The normalized spacial score (nSPS) is 21.6. The summed E-state index contributed by atoms with van der Waals surface area (Å²) in [5.41, 5.74) is -2.20. The first-order valence-electron chi connectivity index (χ1n) is 7.92. The number of ether oxygens (including phenoxy) is 1. The van der Waals surface area contributed by atoms with E-state index >= 15 is 0 Å². The molecule has 0 radical (unpaired) electrons. The van der Waals surface area contributed by atoms with Crippen LogP contribution in [0.2, 0.25) is 0 Å². The topological polar surface area (TPSA) is 46.5 Å². The van der Waals surface area contributed by atoms with Crippen molar-refractivity contribution in [2.45, 2.75) is 33.8 Å². The van der Waals surface area contributed by atoms with Crippen LogP contribution < -0.4 is 0 Å². The zero-order chi connectivity index (χ0) is 18.9. The van der Waals surface area contributed by atoms with Crippen LogP contribution in [0.15, 0.2) is 12.2 Å². The van der Waals surface area contributed by atoms with Crippen molar-refractivity contribution in [3.8, 4) is 0 Å². The Balaban J connectivity index is 2.18. The molecule has 1 aliphatic rings. The van der Waals surface area contributed by atoms with E-state index in [-0.39, 0.29) is 11.3 Å². The predicted molar refractivity (Wildman–Crippen MR) is 82.4 cm³/mol. The van der Waals surface area contributed by atoms with Gasteiger partial charge >= 0.3 is 5.97 Å². The van der Waals surface area contributed by atoms with Gasteiger partial charge in [0.25, 0.3) is 0 Å². The SMILES string of the molecule is CC=CC1C(C(=O)OCc2c(F)c(F)c(CCO)c(F)c2F)C1(C)C. The third kappa shape index (κ3) is 3.42. The molecule has 1 saturated carbocycles. The number of carbonyl (C=O) groups excluding carboxylic acids is 1. The molecule has 1 aromatic rings. The summed E-state index contributed by atoms with van der Waals surface area (Å²) in [6.07, 6.45) is 3.08. The second-order valence-corrected chi connectivity index (χ2v) is 6.64. The molecule has 0 amide bonds. The van der Waals surface area contributed by atoms with Crippen LogP contribution in [0.5, 0.6) is 0 Å². The van der Waals surface area contributed by atoms with E-state index in [4.69, 9.17) is 9.84 Å². The summed E-state index contributed by atoms with van der Waals surface area (Å²) < 4.78 is 60.5. The number of hydrogen-bond donors (Lipinski definition) is 1. The molecule has 1 aliphatic carbocycles. The highest BCUT2D eigenvalue weighted by Crippen LogP contribution is 2.59. The van der Waals surface area contributed by atoms with Crippen LogP contribution in [0.25, 0.3) is 0 Å². The van der Waals surface area contributed by atoms with Crippen molar-refractivity contribution in [3.05, 3.63) is 46.5 Å². The summed E-state index contributed by atoms with van der Waals surface area (Å²) in [7, 11) is 0. The highest BCUT2D eigenvalue weighted by Gasteiger charge is 2.61. The fourth-order valence-corrected chi connectivity index (χ4v) is 3.11. The first-order valence-corrected chi connectivity index (χ1v) is 7.92. The molecule has 1 fully saturated rings. The zero-order valence-corrected chi connectivity index (χ0v) is 14.2. The minimum absolute atomic E-state index is 0.0555. The molecule has 0 aromatic heterocycles. The zero-order valence-electron chi connectivity index (χ0n) is 14.2. The van der Waals surface area contributed by atoms with E-state index in [0.717, 1.165) is 0 Å². The van der Waals surface area contributed by atoms with Crippen molar-refractivity contribution >= 4 is 5.97 Å². The number of aliphatic hydroxyl groups is 1. The first kappa shape index (κ1) is 19.4. The van der Waals surface area contributed by atoms with Gasteiger partial charge in [0, 0.05) is 18.6 Å². The maximum Gasteiger partial charge on any atom is 0.310 e. The fourth-order valence-electron chi connectivity index (χ4n) is 3.11. The number of rotatable bonds is 6. The van der Waals surface area contributed by atoms with Gasteiger partial charge in [-0.15, -0.1) is 0 Å². The molecule has 2 unspecified atom stereocenters. The maximum absolute atomic E-state index is 14.0. The third-order valence-corrected chi connectivity index (χ3v) is 4.73. The summed E-state index contributed by atoms with van der Waals surface area (Å²) in [6.45, 7) is 3.95. The molecule has 0 saturated heterocycles. The molecule has 1 N–H and O–H groups in total. The highest BCUT2D eigenvalue weighted by molar-refractivity contribution is 5.78. The predicted octanol–water partition coefficient (Wildman–Crippen LogP) is 3.67. The van der Waals surface area contributed by atoms with Gasteiger partial charge < -0.3 is 9.84 Å². The smallest absolute Gasteiger partial charge is 0.310 e. The van der Waals surface area contributed by atoms with Crippen LogP contribution in [0.4, 0.5) is 17.6 Å². The third-order valence-electron chi connectivity index (χ3n) is 4.73. The van der Waals surface area contributed by atoms with E-state index in [1.54, 1.807) is 13.0 Å². The second kappa shape index (κ2) is 7.15. The van der Waals surface area contributed by atoms with E-state index in [9.17, 15) is 22.4 Å². The summed E-state index contributed by atoms with van der Waals surface area (Å²) in [5.74, 6) is -7.61. The van der Waals surface area contributed by atoms with E-state index in [2.05, 4.69) is 0 Å². The lowest BCUT2D eigenvalue weighted by atomic mass is 10.1. The van der Waals surface area contributed by atoms with Crippen molar-refractivity contribution in [3.63, 3.8) is 0 Å². The number of hydrogen-bond acceptors (Lipinski definition) is 3. The van der Waals surface area contributed by atoms with Crippen molar-refractivity contribution in [1.29, 1.82) is 0 Å². The quantitative estimate of drug-likeness (QED) is 0.364. The van der Waals surface area contributed by atoms with Crippen LogP contribution >= 0.6 is 0 Å². The highest BCUT2D eigenvalue weighted by atomic mass is 19.2. The van der Waals surface area contributed by atoms with Gasteiger partial charge in [-0.1, -0.05) is 26.0 Å². The Morgan fingerprint density at radius 3 is 2.12 bits per heavy atom. The first-order chi connectivity index (χ1) is 11.7. The minimum atomic E-state index is -1.62. The van der Waals surface area contributed by atoms with Gasteiger partial charge in [0.15, 0.2) is 23.3 Å². The Morgan fingerprint density at radius 2 is 1.64 bits per heavy atom. The molecule has 7 heteroatoms. The van der Waals surface area contributed by atoms with Crippen molar-refractivity contribution < 1.29 is 32.2 Å². The van der Waals surface area contributed by atoms with Gasteiger partial charge in [-0.2, -0.15) is 0 Å². The lowest BCUT2D eigenvalue weighted by Crippen LogP contribution is -2.15. The van der Waals surface area contributed by atoms with Gasteiger partial charge in [-0.05, 0) is 18.3 Å². The molecule has 2 rings (SSSR count). The maximum atomic E-state index is 14.0. The largest absolute Gasteiger partial charge is 0.460 e. The standard InChI is InChI=1S/C18H20F4O3/c1-4-5-11-12(18(11,2)3)17(24)25-8-10-15(21)13(19)9(6-7-23)14(20)16(10)22/h4-5,11-12,23H,6-8H2,1-3H3. The van der Waals surface area contributed by atoms with Crippen LogP contribution in [-0.2, 0) is 22.6 Å². The van der Waals surface area contributed by atoms with Gasteiger partial charge in [-0.25, -0.2) is 17.6 Å². The number of carbonyl (C=O) groups is 1. The molecular weight excluding hydrogens is 340 g/mol. The Hall–Kier alpha value is -1.89. The lowest BCUT2D eigenvalue weighted by molar-refractivity contribution is -0.147. The monoisotopic (exact) mass is 360 g/mol. The van der Waals surface area contributed by atoms with Crippen molar-refractivity contribution in [2.75, 3.05) is 6.61 Å². The van der Waals surface area contributed by atoms with Crippen LogP contribution in [0.3, 0.4) is 0 Å². The molecular formula is C18H20F4O3. The summed E-state index contributed by atoms with van der Waals surface area (Å²) in [6, 6.07) is 0. The fraction of sp³-hybridized carbons (Fsp3) is 0.500. The average Bonchev–Trinajstić information content (AvgIpc) is 3.10. The van der Waals surface area contributed by atoms with Crippen LogP contribution in [0.1, 0.15) is 31.9 Å². The lowest BCUT2D eigenvalue weighted by Gasteiger charge is -2.12. The molecule has 25 heavy (non-hydrogen) atoms. The van der Waals surface area contributed by atoms with E-state index < -0.39 is 65.9 Å². The molecule has 2 atom stereocenters. The van der Waals surface area contributed by atoms with Gasteiger partial charge in [0.05, 0.1) is 11.5 Å². The Labute approximate surface area is 143 Å². The second-order valence-electron chi connectivity index (χ2n) is 6.64. The molecule has 1 aromatic carbocycles. The summed E-state index contributed by atoms with van der Waals surface area (Å²) in [4.78, 5) is 12.1. The van der Waals surface area contributed by atoms with E-state index in [1.807, 2.05) is 19.9 Å². The number of aliphatic hydroxyl groups excluding tert-OH is 1. The van der Waals surface area contributed by atoms with Gasteiger partial charge in [0.1, 0.15) is 6.61 Å². The summed E-state index contributed by atoms with van der Waals surface area (Å²) >= 11 is 0. The number of benzene rings is 1. The molecule has 0 aliphatic heterocycles. The molecule has 0 heterocycles. The van der Waals surface area contributed by atoms with E-state index in [0.29, 0.717) is 0 Å². The van der Waals surface area contributed by atoms with Crippen molar-refractivity contribution in [1.82, 2.24) is 0 Å². The Kier molecular flexibility index (Phi) is 5.56. The summed E-state index contributed by atoms with van der Waals surface area (Å²) in [5, 5.41) is 8.73. The Bertz CT molecular complexity index is 684. The molecule has 0 spiro atoms. The molecule has 138 valence electrons. The Morgan fingerprint density at radius 1 is 1.12 bits per heavy atom. The molecule has 0 bridgehead atoms. The van der Waals surface area contributed by atoms with Gasteiger partial charge in [-0.3, -0.25) is 4.79 Å². The number of esters is 1. The van der Waals surface area contributed by atoms with Crippen LogP contribution in [0, 0.1) is 40.5 Å². The van der Waals surface area contributed by atoms with Crippen molar-refractivity contribution in [2.24, 2.45) is 17.3 Å². The molecule has 3 nitrogen and oxygen atoms in total. The minimum Gasteiger partial charge on any atom is -0.460 e. The van der Waals surface area contributed by atoms with E-state index in [1.165, 1.54) is 0 Å². The number of halogens is 4. The van der Waals surface area contributed by atoms with Gasteiger partial charge in [0.2, 0.25) is 0 Å².